The van der Waals surface area contributed by atoms with Crippen LogP contribution in [0.15, 0.2) is 43.1 Å². The number of imidazole rings is 1. The number of aromatic nitrogens is 3. The van der Waals surface area contributed by atoms with Crippen LogP contribution in [0, 0.1) is 13.8 Å². The van der Waals surface area contributed by atoms with Crippen LogP contribution in [-0.4, -0.2) is 68.3 Å². The minimum Gasteiger partial charge on any atom is -0.337 e. The Hall–Kier alpha value is -3.66. The molecular formula is C29H34F2N6O2. The van der Waals surface area contributed by atoms with Crippen LogP contribution in [0.3, 0.4) is 0 Å². The number of aryl methyl sites for hydroxylation is 2. The smallest absolute Gasteiger partial charge is 0.261 e. The lowest BCUT2D eigenvalue weighted by Crippen LogP contribution is -2.34. The van der Waals surface area contributed by atoms with Crippen LogP contribution >= 0.6 is 0 Å². The summed E-state index contributed by atoms with van der Waals surface area (Å²) in [7, 11) is 0. The molecule has 1 atom stereocenters. The molecule has 10 heteroatoms. The Kier molecular flexibility index (Phi) is 7.48. The Labute approximate surface area is 226 Å². The fraction of sp³-hybridized carbons (Fsp3) is 0.448. The summed E-state index contributed by atoms with van der Waals surface area (Å²) in [5, 5.41) is 3.00. The van der Waals surface area contributed by atoms with Gasteiger partial charge in [0.1, 0.15) is 0 Å². The predicted molar refractivity (Wildman–Crippen MR) is 146 cm³/mol. The maximum atomic E-state index is 13.8. The van der Waals surface area contributed by atoms with Gasteiger partial charge in [-0.2, -0.15) is 0 Å². The Morgan fingerprint density at radius 1 is 1.21 bits per heavy atom. The number of carbonyl (C=O) groups excluding carboxylic acids is 2. The van der Waals surface area contributed by atoms with E-state index in [0.29, 0.717) is 43.2 Å². The molecule has 8 nitrogen and oxygen atoms in total. The monoisotopic (exact) mass is 536 g/mol. The van der Waals surface area contributed by atoms with Gasteiger partial charge in [0.2, 0.25) is 11.9 Å². The topological polar surface area (TPSA) is 83.4 Å². The molecule has 3 aromatic rings. The number of amides is 2. The fourth-order valence-corrected chi connectivity index (χ4v) is 5.76. The number of nitrogens with one attached hydrogen (secondary N) is 1. The Bertz CT molecular complexity index is 1420. The van der Waals surface area contributed by atoms with Crippen LogP contribution in [-0.2, 0) is 11.3 Å². The van der Waals surface area contributed by atoms with E-state index in [9.17, 15) is 18.4 Å². The first-order valence-corrected chi connectivity index (χ1v) is 13.4. The van der Waals surface area contributed by atoms with Crippen LogP contribution in [0.4, 0.5) is 14.7 Å². The van der Waals surface area contributed by atoms with Crippen LogP contribution in [0.2, 0.25) is 0 Å². The van der Waals surface area contributed by atoms with E-state index < -0.39 is 5.92 Å². The number of likely N-dealkylation sites (tertiary alicyclic amines) is 2. The molecule has 2 aliphatic rings. The maximum absolute atomic E-state index is 13.8. The average Bonchev–Trinajstić information content (AvgIpc) is 3.31. The highest BCUT2D eigenvalue weighted by atomic mass is 19.3. The summed E-state index contributed by atoms with van der Waals surface area (Å²) in [5.74, 6) is -2.68. The first-order chi connectivity index (χ1) is 18.6. The van der Waals surface area contributed by atoms with E-state index >= 15 is 0 Å². The van der Waals surface area contributed by atoms with E-state index in [1.165, 1.54) is 6.08 Å². The molecule has 0 saturated carbocycles. The molecule has 2 saturated heterocycles. The van der Waals surface area contributed by atoms with Gasteiger partial charge >= 0.3 is 0 Å². The third kappa shape index (κ3) is 5.85. The van der Waals surface area contributed by atoms with Gasteiger partial charge in [0.15, 0.2) is 0 Å². The highest BCUT2D eigenvalue weighted by Crippen LogP contribution is 2.34. The molecule has 2 aromatic heterocycles. The zero-order valence-corrected chi connectivity index (χ0v) is 22.4. The molecule has 1 N–H and O–H groups in total. The zero-order chi connectivity index (χ0) is 27.7. The number of halogens is 2. The molecule has 1 aromatic carbocycles. The van der Waals surface area contributed by atoms with Gasteiger partial charge in [0, 0.05) is 50.1 Å². The average molecular weight is 537 g/mol. The number of nitrogens with zero attached hydrogens (tertiary/aromatic N) is 5. The van der Waals surface area contributed by atoms with Crippen molar-refractivity contribution >= 4 is 28.8 Å². The molecule has 0 aliphatic carbocycles. The molecule has 5 rings (SSSR count). The Morgan fingerprint density at radius 2 is 2.03 bits per heavy atom. The molecular weight excluding hydrogens is 502 g/mol. The minimum atomic E-state index is -2.66. The molecule has 39 heavy (non-hydrogen) atoms. The summed E-state index contributed by atoms with van der Waals surface area (Å²) in [4.78, 5) is 38.4. The van der Waals surface area contributed by atoms with Gasteiger partial charge in [-0.1, -0.05) is 12.6 Å². The van der Waals surface area contributed by atoms with Gasteiger partial charge < -0.3 is 9.47 Å². The van der Waals surface area contributed by atoms with Crippen LogP contribution in [0.25, 0.3) is 11.0 Å². The van der Waals surface area contributed by atoms with Crippen molar-refractivity contribution in [2.24, 2.45) is 0 Å². The summed E-state index contributed by atoms with van der Waals surface area (Å²) in [6.07, 6.45) is 5.41. The fourth-order valence-electron chi connectivity index (χ4n) is 5.76. The normalized spacial score (nSPS) is 19.7. The number of pyridine rings is 1. The van der Waals surface area contributed by atoms with Crippen molar-refractivity contribution < 1.29 is 18.4 Å². The molecule has 0 spiro atoms. The lowest BCUT2D eigenvalue weighted by molar-refractivity contribution is -0.126. The zero-order valence-electron chi connectivity index (χ0n) is 22.4. The number of hydrogen-bond acceptors (Lipinski definition) is 5. The standard InChI is InChI=1S/C29H34F2N6O2/c1-4-25(38)36-11-6-5-7-23(17-36)37-26-19(2)13-21(16-35-12-9-29(30,31)18-35)15-24(26)33-28(37)34-27(39)22-8-10-32-20(3)14-22/h4,8,10,13-15,23H,1,5-7,9,11-12,16-18H2,2-3H3,(H,33,34,39)/t23-/m1/s1. The second kappa shape index (κ2) is 10.8. The molecule has 206 valence electrons. The maximum Gasteiger partial charge on any atom is 0.261 e. The van der Waals surface area contributed by atoms with Crippen molar-refractivity contribution in [2.45, 2.75) is 58.0 Å². The largest absolute Gasteiger partial charge is 0.337 e. The van der Waals surface area contributed by atoms with Gasteiger partial charge in [-0.25, -0.2) is 13.8 Å². The third-order valence-electron chi connectivity index (χ3n) is 7.57. The molecule has 0 bridgehead atoms. The van der Waals surface area contributed by atoms with E-state index in [4.69, 9.17) is 4.98 Å². The molecule has 2 fully saturated rings. The first kappa shape index (κ1) is 26.9. The lowest BCUT2D eigenvalue weighted by Gasteiger charge is -2.26. The van der Waals surface area contributed by atoms with Gasteiger partial charge in [-0.05, 0) is 68.5 Å². The third-order valence-corrected chi connectivity index (χ3v) is 7.57. The highest BCUT2D eigenvalue weighted by molar-refractivity contribution is 6.04. The first-order valence-electron chi connectivity index (χ1n) is 13.4. The number of rotatable bonds is 6. The Balaban J connectivity index is 1.55. The SMILES string of the molecule is C=CC(=O)N1CCCC[C@@H](n2c(NC(=O)c3ccnc(C)c3)nc3cc(CN4CCC(F)(F)C4)cc(C)c32)C1. The number of fused-ring (bicyclic) bond motifs is 1. The van der Waals surface area contributed by atoms with Crippen molar-refractivity contribution in [3.63, 3.8) is 0 Å². The van der Waals surface area contributed by atoms with Crippen molar-refractivity contribution in [1.29, 1.82) is 0 Å². The van der Waals surface area contributed by atoms with E-state index in [2.05, 4.69) is 16.9 Å². The van der Waals surface area contributed by atoms with Gasteiger partial charge in [-0.3, -0.25) is 24.8 Å². The number of anilines is 1. The molecule has 4 heterocycles. The molecule has 2 amide bonds. The van der Waals surface area contributed by atoms with Crippen molar-refractivity contribution in [3.05, 3.63) is 65.5 Å². The van der Waals surface area contributed by atoms with Crippen LogP contribution in [0.1, 0.15) is 58.9 Å². The summed E-state index contributed by atoms with van der Waals surface area (Å²) in [6, 6.07) is 7.19. The molecule has 2 aliphatic heterocycles. The van der Waals surface area contributed by atoms with Crippen LogP contribution in [0.5, 0.6) is 0 Å². The quantitative estimate of drug-likeness (QED) is 0.454. The van der Waals surface area contributed by atoms with Gasteiger partial charge in [-0.15, -0.1) is 0 Å². The van der Waals surface area contributed by atoms with Crippen molar-refractivity contribution in [1.82, 2.24) is 24.3 Å². The summed E-state index contributed by atoms with van der Waals surface area (Å²) in [5.41, 5.74) is 4.58. The van der Waals surface area contributed by atoms with Crippen molar-refractivity contribution in [2.75, 3.05) is 31.5 Å². The number of hydrogen-bond donors (Lipinski definition) is 1. The second-order valence-electron chi connectivity index (χ2n) is 10.7. The summed E-state index contributed by atoms with van der Waals surface area (Å²) >= 11 is 0. The number of alkyl halides is 2. The van der Waals surface area contributed by atoms with Crippen LogP contribution < -0.4 is 5.32 Å². The highest BCUT2D eigenvalue weighted by Gasteiger charge is 2.38. The number of carbonyl (C=O) groups is 2. The van der Waals surface area contributed by atoms with E-state index in [0.717, 1.165) is 41.6 Å². The second-order valence-corrected chi connectivity index (χ2v) is 10.7. The number of benzene rings is 1. The van der Waals surface area contributed by atoms with E-state index in [1.54, 1.807) is 28.1 Å². The van der Waals surface area contributed by atoms with Gasteiger partial charge in [0.25, 0.3) is 11.8 Å². The van der Waals surface area contributed by atoms with E-state index in [1.807, 2.05) is 30.5 Å². The van der Waals surface area contributed by atoms with Gasteiger partial charge in [0.05, 0.1) is 23.6 Å². The molecule has 0 radical (unpaired) electrons. The lowest BCUT2D eigenvalue weighted by atomic mass is 10.1. The Morgan fingerprint density at radius 3 is 2.74 bits per heavy atom. The van der Waals surface area contributed by atoms with Crippen molar-refractivity contribution in [3.8, 4) is 0 Å². The minimum absolute atomic E-state index is 0.113. The van der Waals surface area contributed by atoms with E-state index in [-0.39, 0.29) is 30.8 Å². The summed E-state index contributed by atoms with van der Waals surface area (Å²) in [6.45, 7) is 9.07. The summed E-state index contributed by atoms with van der Waals surface area (Å²) < 4.78 is 29.6. The molecule has 0 unspecified atom stereocenters. The predicted octanol–water partition coefficient (Wildman–Crippen LogP) is 4.88.